The van der Waals surface area contributed by atoms with E-state index in [1.54, 1.807) is 11.8 Å². The molecule has 1 unspecified atom stereocenters. The molecule has 2 N–H and O–H groups in total. The van der Waals surface area contributed by atoms with Gasteiger partial charge in [-0.1, -0.05) is 13.8 Å². The highest BCUT2D eigenvalue weighted by Gasteiger charge is 2.33. The van der Waals surface area contributed by atoms with Crippen molar-refractivity contribution in [3.05, 3.63) is 0 Å². The molecule has 16 heavy (non-hydrogen) atoms. The maximum Gasteiger partial charge on any atom is 0.240 e. The molecule has 5 nitrogen and oxygen atoms in total. The summed E-state index contributed by atoms with van der Waals surface area (Å²) >= 11 is 0. The van der Waals surface area contributed by atoms with Crippen LogP contribution in [0.25, 0.3) is 0 Å². The summed E-state index contributed by atoms with van der Waals surface area (Å²) in [6.45, 7) is 5.78. The lowest BCUT2D eigenvalue weighted by Crippen LogP contribution is -2.55. The van der Waals surface area contributed by atoms with Crippen molar-refractivity contribution >= 4 is 15.7 Å². The van der Waals surface area contributed by atoms with Gasteiger partial charge in [-0.3, -0.25) is 4.79 Å². The van der Waals surface area contributed by atoms with Crippen LogP contribution in [0.4, 0.5) is 0 Å². The third kappa shape index (κ3) is 2.95. The average molecular weight is 248 g/mol. The molecule has 1 aliphatic heterocycles. The standard InChI is InChI=1S/C10H20N2O3S/c1-7(2)9(11)10(13)12-4-5-16(14,15)6-8(12)3/h7-9H,4-6,11H2,1-3H3/t8?,9-/m0/s1. The molecule has 0 aliphatic carbocycles. The molecule has 0 aromatic heterocycles. The van der Waals surface area contributed by atoms with Crippen molar-refractivity contribution in [2.45, 2.75) is 32.9 Å². The maximum absolute atomic E-state index is 12.0. The zero-order valence-corrected chi connectivity index (χ0v) is 10.8. The molecule has 6 heteroatoms. The van der Waals surface area contributed by atoms with Gasteiger partial charge in [-0.25, -0.2) is 8.42 Å². The topological polar surface area (TPSA) is 80.5 Å². The van der Waals surface area contributed by atoms with Gasteiger partial charge in [-0.2, -0.15) is 0 Å². The highest BCUT2D eigenvalue weighted by molar-refractivity contribution is 7.91. The second kappa shape index (κ2) is 4.71. The van der Waals surface area contributed by atoms with Crippen molar-refractivity contribution in [2.75, 3.05) is 18.1 Å². The van der Waals surface area contributed by atoms with E-state index in [0.717, 1.165) is 0 Å². The summed E-state index contributed by atoms with van der Waals surface area (Å²) in [7, 11) is -2.98. The molecule has 0 spiro atoms. The summed E-state index contributed by atoms with van der Waals surface area (Å²) in [4.78, 5) is 13.6. The Kier molecular flexibility index (Phi) is 3.96. The summed E-state index contributed by atoms with van der Waals surface area (Å²) in [6.07, 6.45) is 0. The molecule has 1 heterocycles. The van der Waals surface area contributed by atoms with Gasteiger partial charge in [-0.05, 0) is 12.8 Å². The molecule has 2 atom stereocenters. The van der Waals surface area contributed by atoms with Gasteiger partial charge in [0.1, 0.15) is 0 Å². The van der Waals surface area contributed by atoms with Crippen LogP contribution in [-0.2, 0) is 14.6 Å². The van der Waals surface area contributed by atoms with Crippen LogP contribution < -0.4 is 5.73 Å². The van der Waals surface area contributed by atoms with Crippen molar-refractivity contribution in [2.24, 2.45) is 11.7 Å². The second-order valence-corrected chi connectivity index (χ2v) is 6.99. The van der Waals surface area contributed by atoms with Gasteiger partial charge in [0.25, 0.3) is 0 Å². The van der Waals surface area contributed by atoms with Gasteiger partial charge in [0.15, 0.2) is 9.84 Å². The third-order valence-corrected chi connectivity index (χ3v) is 4.75. The Morgan fingerprint density at radius 3 is 2.44 bits per heavy atom. The molecule has 1 rings (SSSR count). The lowest BCUT2D eigenvalue weighted by Gasteiger charge is -2.35. The monoisotopic (exact) mass is 248 g/mol. The van der Waals surface area contributed by atoms with E-state index in [4.69, 9.17) is 5.73 Å². The van der Waals surface area contributed by atoms with Gasteiger partial charge in [0.2, 0.25) is 5.91 Å². The molecule has 0 aromatic carbocycles. The molecular formula is C10H20N2O3S. The molecular weight excluding hydrogens is 228 g/mol. The van der Waals surface area contributed by atoms with E-state index in [1.807, 2.05) is 13.8 Å². The molecule has 1 fully saturated rings. The highest BCUT2D eigenvalue weighted by Crippen LogP contribution is 2.14. The van der Waals surface area contributed by atoms with E-state index >= 15 is 0 Å². The first-order chi connectivity index (χ1) is 7.24. The summed E-state index contributed by atoms with van der Waals surface area (Å²) in [5, 5.41) is 0. The fraction of sp³-hybridized carbons (Fsp3) is 0.900. The van der Waals surface area contributed by atoms with Crippen LogP contribution in [0.5, 0.6) is 0 Å². The summed E-state index contributed by atoms with van der Waals surface area (Å²) in [6, 6.07) is -0.806. The summed E-state index contributed by atoms with van der Waals surface area (Å²) in [5.74, 6) is 0.0212. The van der Waals surface area contributed by atoms with E-state index < -0.39 is 15.9 Å². The molecule has 0 radical (unpaired) electrons. The lowest BCUT2D eigenvalue weighted by atomic mass is 10.0. The molecule has 94 valence electrons. The molecule has 1 saturated heterocycles. The van der Waals surface area contributed by atoms with Crippen LogP contribution in [0.3, 0.4) is 0 Å². The normalized spacial score (nSPS) is 26.8. The summed E-state index contributed by atoms with van der Waals surface area (Å²) in [5.41, 5.74) is 5.78. The van der Waals surface area contributed by atoms with E-state index in [2.05, 4.69) is 0 Å². The van der Waals surface area contributed by atoms with Crippen molar-refractivity contribution in [3.8, 4) is 0 Å². The number of hydrogen-bond donors (Lipinski definition) is 1. The first-order valence-corrected chi connectivity index (χ1v) is 7.33. The Balaban J connectivity index is 2.73. The SMILES string of the molecule is CC(C)[C@H](N)C(=O)N1CCS(=O)(=O)CC1C. The Hall–Kier alpha value is -0.620. The largest absolute Gasteiger partial charge is 0.337 e. The molecule has 0 aromatic rings. The molecule has 0 bridgehead atoms. The zero-order valence-electron chi connectivity index (χ0n) is 10.0. The number of hydrogen-bond acceptors (Lipinski definition) is 4. The average Bonchev–Trinajstić information content (AvgIpc) is 2.14. The predicted octanol–water partition coefficient (Wildman–Crippen LogP) is -0.385. The van der Waals surface area contributed by atoms with Crippen LogP contribution in [0.2, 0.25) is 0 Å². The zero-order chi connectivity index (χ0) is 12.5. The van der Waals surface area contributed by atoms with Gasteiger partial charge in [0.05, 0.1) is 17.5 Å². The van der Waals surface area contributed by atoms with E-state index in [-0.39, 0.29) is 35.9 Å². The van der Waals surface area contributed by atoms with Crippen LogP contribution in [-0.4, -0.2) is 49.4 Å². The van der Waals surface area contributed by atoms with Crippen molar-refractivity contribution in [3.63, 3.8) is 0 Å². The Bertz CT molecular complexity index is 364. The number of carbonyl (C=O) groups is 1. The Labute approximate surface area is 96.9 Å². The van der Waals surface area contributed by atoms with Gasteiger partial charge in [-0.15, -0.1) is 0 Å². The Morgan fingerprint density at radius 2 is 2.00 bits per heavy atom. The Morgan fingerprint density at radius 1 is 1.44 bits per heavy atom. The number of rotatable bonds is 2. The predicted molar refractivity (Wildman–Crippen MR) is 62.6 cm³/mol. The molecule has 0 saturated carbocycles. The first kappa shape index (κ1) is 13.4. The van der Waals surface area contributed by atoms with Gasteiger partial charge < -0.3 is 10.6 Å². The van der Waals surface area contributed by atoms with Gasteiger partial charge in [0, 0.05) is 12.6 Å². The summed E-state index contributed by atoms with van der Waals surface area (Å²) < 4.78 is 22.7. The number of sulfone groups is 1. The van der Waals surface area contributed by atoms with E-state index in [9.17, 15) is 13.2 Å². The van der Waals surface area contributed by atoms with E-state index in [0.29, 0.717) is 0 Å². The number of amides is 1. The first-order valence-electron chi connectivity index (χ1n) is 5.51. The maximum atomic E-state index is 12.0. The number of nitrogens with zero attached hydrogens (tertiary/aromatic N) is 1. The minimum absolute atomic E-state index is 0.0452. The minimum Gasteiger partial charge on any atom is -0.337 e. The third-order valence-electron chi connectivity index (χ3n) is 2.96. The van der Waals surface area contributed by atoms with E-state index in [1.165, 1.54) is 0 Å². The van der Waals surface area contributed by atoms with Crippen LogP contribution in [0, 0.1) is 5.92 Å². The fourth-order valence-corrected chi connectivity index (χ4v) is 3.36. The van der Waals surface area contributed by atoms with Crippen LogP contribution >= 0.6 is 0 Å². The molecule has 1 amide bonds. The van der Waals surface area contributed by atoms with Crippen molar-refractivity contribution < 1.29 is 13.2 Å². The highest BCUT2D eigenvalue weighted by atomic mass is 32.2. The number of nitrogens with two attached hydrogens (primary N) is 1. The fourth-order valence-electron chi connectivity index (χ4n) is 1.80. The minimum atomic E-state index is -2.98. The van der Waals surface area contributed by atoms with Crippen LogP contribution in [0.15, 0.2) is 0 Å². The van der Waals surface area contributed by atoms with Crippen LogP contribution in [0.1, 0.15) is 20.8 Å². The lowest BCUT2D eigenvalue weighted by molar-refractivity contribution is -0.135. The number of carbonyl (C=O) groups excluding carboxylic acids is 1. The van der Waals surface area contributed by atoms with Crippen molar-refractivity contribution in [1.82, 2.24) is 4.90 Å². The smallest absolute Gasteiger partial charge is 0.240 e. The quantitative estimate of drug-likeness (QED) is 0.722. The van der Waals surface area contributed by atoms with Crippen molar-refractivity contribution in [1.29, 1.82) is 0 Å². The second-order valence-electron chi connectivity index (χ2n) is 4.76. The molecule has 1 aliphatic rings. The van der Waals surface area contributed by atoms with Gasteiger partial charge >= 0.3 is 0 Å².